The number of carbonyl (C=O) groups excluding carboxylic acids is 1. The normalized spacial score (nSPS) is 11.1. The van der Waals surface area contributed by atoms with Gasteiger partial charge in [0.2, 0.25) is 0 Å². The van der Waals surface area contributed by atoms with E-state index in [1.165, 1.54) is 25.3 Å². The number of benzene rings is 1. The minimum absolute atomic E-state index is 0.0567. The summed E-state index contributed by atoms with van der Waals surface area (Å²) in [6.07, 6.45) is 0. The molecule has 1 aromatic rings. The van der Waals surface area contributed by atoms with Crippen molar-refractivity contribution in [3.63, 3.8) is 0 Å². The van der Waals surface area contributed by atoms with E-state index < -0.39 is 21.9 Å². The zero-order chi connectivity index (χ0) is 11.5. The lowest BCUT2D eigenvalue weighted by atomic mass is 10.1. The number of carbonyl (C=O) groups is 1. The summed E-state index contributed by atoms with van der Waals surface area (Å²) >= 11 is 0. The molecule has 1 rings (SSSR count). The fourth-order valence-electron chi connectivity index (χ4n) is 1.14. The van der Waals surface area contributed by atoms with Crippen LogP contribution >= 0.6 is 0 Å². The van der Waals surface area contributed by atoms with Crippen molar-refractivity contribution >= 4 is 16.2 Å². The van der Waals surface area contributed by atoms with E-state index in [1.54, 1.807) is 6.07 Å². The third-order valence-electron chi connectivity index (χ3n) is 1.75. The second-order valence-electron chi connectivity index (χ2n) is 2.83. The summed E-state index contributed by atoms with van der Waals surface area (Å²) in [6, 6.07) is 5.81. The van der Waals surface area contributed by atoms with Gasteiger partial charge in [-0.1, -0.05) is 18.2 Å². The summed E-state index contributed by atoms with van der Waals surface area (Å²) in [5.41, 5.74) is 0.146. The molecule has 0 saturated heterocycles. The van der Waals surface area contributed by atoms with E-state index in [1.807, 2.05) is 0 Å². The summed E-state index contributed by atoms with van der Waals surface area (Å²) in [7, 11) is -3.48. The number of esters is 1. The number of ether oxygens (including phenoxy) is 1. The summed E-state index contributed by atoms with van der Waals surface area (Å²) < 4.78 is 37.8. The van der Waals surface area contributed by atoms with Crippen molar-refractivity contribution in [2.24, 2.45) is 0 Å². The molecule has 0 aliphatic carbocycles. The van der Waals surface area contributed by atoms with Crippen LogP contribution < -0.4 is 0 Å². The number of methoxy groups -OCH3 is 1. The molecule has 1 aromatic carbocycles. The molecule has 0 fully saturated rings. The first-order valence-electron chi connectivity index (χ1n) is 4.02. The molecule has 82 valence electrons. The lowest BCUT2D eigenvalue weighted by molar-refractivity contribution is 0.0600. The van der Waals surface area contributed by atoms with Crippen LogP contribution in [0.5, 0.6) is 0 Å². The van der Waals surface area contributed by atoms with Crippen LogP contribution in [0.25, 0.3) is 0 Å². The van der Waals surface area contributed by atoms with Crippen molar-refractivity contribution < 1.29 is 21.8 Å². The Labute approximate surface area is 86.9 Å². The first kappa shape index (κ1) is 11.6. The van der Waals surface area contributed by atoms with Gasteiger partial charge in [0.05, 0.1) is 12.7 Å². The lowest BCUT2D eigenvalue weighted by Gasteiger charge is -2.04. The largest absolute Gasteiger partial charge is 0.465 e. The van der Waals surface area contributed by atoms with Gasteiger partial charge in [0.1, 0.15) is 5.75 Å². The van der Waals surface area contributed by atoms with Crippen molar-refractivity contribution in [2.45, 2.75) is 5.75 Å². The molecule has 0 bridgehead atoms. The summed E-state index contributed by atoms with van der Waals surface area (Å²) in [4.78, 5) is 11.2. The molecule has 0 aromatic heterocycles. The van der Waals surface area contributed by atoms with Gasteiger partial charge in [0, 0.05) is 0 Å². The minimum atomic E-state index is -4.65. The molecule has 0 aliphatic heterocycles. The molecule has 6 heteroatoms. The first-order chi connectivity index (χ1) is 6.94. The second kappa shape index (κ2) is 4.39. The molecule has 0 radical (unpaired) electrons. The van der Waals surface area contributed by atoms with Crippen LogP contribution in [-0.4, -0.2) is 21.5 Å². The fourth-order valence-corrected chi connectivity index (χ4v) is 1.76. The summed E-state index contributed by atoms with van der Waals surface area (Å²) in [5, 5.41) is 0. The molecule has 0 N–H and O–H groups in total. The van der Waals surface area contributed by atoms with Gasteiger partial charge < -0.3 is 4.74 Å². The van der Waals surface area contributed by atoms with Crippen molar-refractivity contribution in [3.05, 3.63) is 35.4 Å². The third kappa shape index (κ3) is 3.32. The lowest BCUT2D eigenvalue weighted by Crippen LogP contribution is -2.07. The van der Waals surface area contributed by atoms with E-state index in [2.05, 4.69) is 4.74 Å². The highest BCUT2D eigenvalue weighted by Gasteiger charge is 2.16. The van der Waals surface area contributed by atoms with Crippen LogP contribution in [-0.2, 0) is 20.7 Å². The predicted octanol–water partition coefficient (Wildman–Crippen LogP) is 1.27. The number of halogens is 1. The molecule has 0 unspecified atom stereocenters. The van der Waals surface area contributed by atoms with E-state index >= 15 is 0 Å². The molecule has 4 nitrogen and oxygen atoms in total. The van der Waals surface area contributed by atoms with Crippen LogP contribution in [0.1, 0.15) is 15.9 Å². The van der Waals surface area contributed by atoms with Crippen molar-refractivity contribution in [3.8, 4) is 0 Å². The fraction of sp³-hybridized carbons (Fsp3) is 0.222. The molecule has 0 saturated carbocycles. The van der Waals surface area contributed by atoms with E-state index in [0.717, 1.165) is 0 Å². The van der Waals surface area contributed by atoms with Crippen LogP contribution in [0.3, 0.4) is 0 Å². The molecule has 15 heavy (non-hydrogen) atoms. The Hall–Kier alpha value is -1.43. The van der Waals surface area contributed by atoms with Gasteiger partial charge in [-0.25, -0.2) is 4.79 Å². The van der Waals surface area contributed by atoms with E-state index in [9.17, 15) is 17.1 Å². The van der Waals surface area contributed by atoms with Crippen LogP contribution in [0.4, 0.5) is 3.89 Å². The molecule has 0 heterocycles. The Balaban J connectivity index is 3.13. The molecule has 0 amide bonds. The Morgan fingerprint density at radius 2 is 2.00 bits per heavy atom. The monoisotopic (exact) mass is 232 g/mol. The molecular weight excluding hydrogens is 223 g/mol. The molecule has 0 atom stereocenters. The van der Waals surface area contributed by atoms with E-state index in [-0.39, 0.29) is 11.1 Å². The molecule has 0 aliphatic rings. The van der Waals surface area contributed by atoms with Crippen molar-refractivity contribution in [2.75, 3.05) is 7.11 Å². The zero-order valence-electron chi connectivity index (χ0n) is 7.94. The molecular formula is C9H9FO4S. The number of hydrogen-bond acceptors (Lipinski definition) is 4. The maximum absolute atomic E-state index is 12.4. The highest BCUT2D eigenvalue weighted by molar-refractivity contribution is 7.85. The van der Waals surface area contributed by atoms with Gasteiger partial charge in [0.15, 0.2) is 0 Å². The topological polar surface area (TPSA) is 60.4 Å². The Kier molecular flexibility index (Phi) is 3.41. The third-order valence-corrected chi connectivity index (χ3v) is 2.41. The zero-order valence-corrected chi connectivity index (χ0v) is 8.75. The van der Waals surface area contributed by atoms with Gasteiger partial charge >= 0.3 is 16.2 Å². The summed E-state index contributed by atoms with van der Waals surface area (Å²) in [6.45, 7) is 0. The maximum Gasteiger partial charge on any atom is 0.338 e. The highest BCUT2D eigenvalue weighted by Crippen LogP contribution is 2.14. The number of rotatable bonds is 3. The smallest absolute Gasteiger partial charge is 0.338 e. The Bertz CT molecular complexity index is 467. The van der Waals surface area contributed by atoms with Gasteiger partial charge in [0.25, 0.3) is 0 Å². The van der Waals surface area contributed by atoms with Gasteiger partial charge in [-0.2, -0.15) is 8.42 Å². The predicted molar refractivity (Wildman–Crippen MR) is 51.5 cm³/mol. The van der Waals surface area contributed by atoms with Crippen LogP contribution in [0, 0.1) is 0 Å². The van der Waals surface area contributed by atoms with Gasteiger partial charge in [-0.3, -0.25) is 0 Å². The Morgan fingerprint density at radius 3 is 2.53 bits per heavy atom. The standard InChI is InChI=1S/C9H9FO4S/c1-14-9(11)8-5-3-2-4-7(8)6-15(10,12)13/h2-5H,6H2,1H3. The maximum atomic E-state index is 12.4. The van der Waals surface area contributed by atoms with Crippen LogP contribution in [0.15, 0.2) is 24.3 Å². The average Bonchev–Trinajstić information content (AvgIpc) is 2.15. The van der Waals surface area contributed by atoms with Crippen LogP contribution in [0.2, 0.25) is 0 Å². The summed E-state index contributed by atoms with van der Waals surface area (Å²) in [5.74, 6) is -1.51. The van der Waals surface area contributed by atoms with Gasteiger partial charge in [-0.15, -0.1) is 3.89 Å². The SMILES string of the molecule is COC(=O)c1ccccc1CS(=O)(=O)F. The quantitative estimate of drug-likeness (QED) is 0.581. The first-order valence-corrected chi connectivity index (χ1v) is 5.58. The van der Waals surface area contributed by atoms with Crippen molar-refractivity contribution in [1.82, 2.24) is 0 Å². The van der Waals surface area contributed by atoms with Gasteiger partial charge in [-0.05, 0) is 11.6 Å². The molecule has 0 spiro atoms. The van der Waals surface area contributed by atoms with Crippen molar-refractivity contribution in [1.29, 1.82) is 0 Å². The van der Waals surface area contributed by atoms with E-state index in [0.29, 0.717) is 0 Å². The second-order valence-corrected chi connectivity index (χ2v) is 4.20. The average molecular weight is 232 g/mol. The minimum Gasteiger partial charge on any atom is -0.465 e. The van der Waals surface area contributed by atoms with E-state index in [4.69, 9.17) is 0 Å². The highest BCUT2D eigenvalue weighted by atomic mass is 32.3. The number of hydrogen-bond donors (Lipinski definition) is 0. The Morgan fingerprint density at radius 1 is 1.40 bits per heavy atom.